The number of urea groups is 1. The van der Waals surface area contributed by atoms with Crippen LogP contribution in [0.5, 0.6) is 0 Å². The van der Waals surface area contributed by atoms with Gasteiger partial charge in [-0.3, -0.25) is 0 Å². The van der Waals surface area contributed by atoms with E-state index in [-0.39, 0.29) is 17.6 Å². The normalized spacial score (nSPS) is 17.8. The van der Waals surface area contributed by atoms with Crippen molar-refractivity contribution in [3.63, 3.8) is 0 Å². The third kappa shape index (κ3) is 4.06. The van der Waals surface area contributed by atoms with Crippen LogP contribution in [-0.2, 0) is 6.42 Å². The van der Waals surface area contributed by atoms with Gasteiger partial charge in [-0.25, -0.2) is 13.6 Å². The maximum absolute atomic E-state index is 13.2. The van der Waals surface area contributed by atoms with Crippen molar-refractivity contribution < 1.29 is 18.1 Å². The summed E-state index contributed by atoms with van der Waals surface area (Å²) in [7, 11) is 0. The largest absolute Gasteiger partial charge is 0.340 e. The van der Waals surface area contributed by atoms with Crippen LogP contribution in [0.3, 0.4) is 0 Å². The van der Waals surface area contributed by atoms with Crippen LogP contribution in [0.1, 0.15) is 24.6 Å². The van der Waals surface area contributed by atoms with E-state index in [4.69, 9.17) is 4.52 Å². The zero-order chi connectivity index (χ0) is 17.1. The average molecular weight is 336 g/mol. The molecule has 1 aliphatic rings. The number of aromatic nitrogens is 2. The topological polar surface area (TPSA) is 71.3 Å². The number of carbonyl (C=O) groups excluding carboxylic acids is 1. The van der Waals surface area contributed by atoms with E-state index in [2.05, 4.69) is 15.5 Å². The van der Waals surface area contributed by atoms with E-state index >= 15 is 0 Å². The number of rotatable bonds is 3. The van der Waals surface area contributed by atoms with Crippen LogP contribution in [0.4, 0.5) is 19.3 Å². The molecule has 6 nitrogen and oxygen atoms in total. The molecule has 1 atom stereocenters. The zero-order valence-electron chi connectivity index (χ0n) is 13.3. The molecule has 2 heterocycles. The summed E-state index contributed by atoms with van der Waals surface area (Å²) in [5, 5.41) is 6.42. The van der Waals surface area contributed by atoms with E-state index in [9.17, 15) is 13.6 Å². The Kier molecular flexibility index (Phi) is 4.73. The summed E-state index contributed by atoms with van der Waals surface area (Å²) in [6, 6.07) is 2.57. The molecule has 0 bridgehead atoms. The van der Waals surface area contributed by atoms with Crippen LogP contribution in [0.2, 0.25) is 0 Å². The van der Waals surface area contributed by atoms with Gasteiger partial charge in [-0.15, -0.1) is 0 Å². The summed E-state index contributed by atoms with van der Waals surface area (Å²) >= 11 is 0. The molecule has 1 unspecified atom stereocenters. The summed E-state index contributed by atoms with van der Waals surface area (Å²) in [6.45, 7) is 2.87. The summed E-state index contributed by atoms with van der Waals surface area (Å²) in [4.78, 5) is 18.1. The Hall–Kier alpha value is -2.51. The molecule has 2 aromatic rings. The van der Waals surface area contributed by atoms with Crippen LogP contribution >= 0.6 is 0 Å². The minimum absolute atomic E-state index is 0.105. The molecule has 3 rings (SSSR count). The van der Waals surface area contributed by atoms with Crippen LogP contribution in [0.25, 0.3) is 0 Å². The number of hydrogen-bond acceptors (Lipinski definition) is 4. The second-order valence-corrected chi connectivity index (χ2v) is 5.98. The minimum Gasteiger partial charge on any atom is -0.340 e. The standard InChI is InChI=1S/C16H18F2N4O2/c1-10-19-15(21-24-10)5-11-3-2-4-22(9-11)16(23)20-14-7-12(17)6-13(18)8-14/h6-8,11H,2-5,9H2,1H3,(H,20,23). The minimum atomic E-state index is -0.728. The average Bonchev–Trinajstić information content (AvgIpc) is 2.91. The molecule has 0 aliphatic carbocycles. The molecule has 128 valence electrons. The van der Waals surface area contributed by atoms with Crippen molar-refractivity contribution in [2.45, 2.75) is 26.2 Å². The molecule has 24 heavy (non-hydrogen) atoms. The molecule has 0 radical (unpaired) electrons. The first kappa shape index (κ1) is 16.4. The quantitative estimate of drug-likeness (QED) is 0.935. The van der Waals surface area contributed by atoms with Gasteiger partial charge in [0.15, 0.2) is 5.82 Å². The number of piperidine rings is 1. The van der Waals surface area contributed by atoms with Crippen LogP contribution < -0.4 is 5.32 Å². The van der Waals surface area contributed by atoms with Gasteiger partial charge in [0, 0.05) is 38.2 Å². The van der Waals surface area contributed by atoms with Crippen molar-refractivity contribution >= 4 is 11.7 Å². The van der Waals surface area contributed by atoms with E-state index in [1.165, 1.54) is 0 Å². The van der Waals surface area contributed by atoms with Crippen molar-refractivity contribution in [3.05, 3.63) is 41.5 Å². The van der Waals surface area contributed by atoms with Crippen molar-refractivity contribution in [2.75, 3.05) is 18.4 Å². The lowest BCUT2D eigenvalue weighted by Crippen LogP contribution is -2.42. The van der Waals surface area contributed by atoms with Gasteiger partial charge in [-0.1, -0.05) is 5.16 Å². The summed E-state index contributed by atoms with van der Waals surface area (Å²) in [5.74, 6) is -0.0789. The number of carbonyl (C=O) groups is 1. The Morgan fingerprint density at radius 1 is 1.38 bits per heavy atom. The highest BCUT2D eigenvalue weighted by atomic mass is 19.1. The maximum Gasteiger partial charge on any atom is 0.321 e. The van der Waals surface area contributed by atoms with E-state index < -0.39 is 11.6 Å². The number of amides is 2. The maximum atomic E-state index is 13.2. The summed E-state index contributed by atoms with van der Waals surface area (Å²) in [6.07, 6.45) is 2.45. The predicted octanol–water partition coefficient (Wildman–Crippen LogP) is 3.14. The number of nitrogens with zero attached hydrogens (tertiary/aromatic N) is 3. The second kappa shape index (κ2) is 6.94. The Morgan fingerprint density at radius 3 is 2.79 bits per heavy atom. The number of benzene rings is 1. The van der Waals surface area contributed by atoms with Crippen molar-refractivity contribution in [3.8, 4) is 0 Å². The molecule has 0 spiro atoms. The number of anilines is 1. The van der Waals surface area contributed by atoms with Gasteiger partial charge >= 0.3 is 6.03 Å². The fourth-order valence-corrected chi connectivity index (χ4v) is 2.93. The molecule has 1 aromatic carbocycles. The lowest BCUT2D eigenvalue weighted by atomic mass is 9.95. The molecule has 0 saturated carbocycles. The molecule has 2 amide bonds. The molecular formula is C16H18F2N4O2. The number of aryl methyl sites for hydroxylation is 1. The predicted molar refractivity (Wildman–Crippen MR) is 82.4 cm³/mol. The van der Waals surface area contributed by atoms with Gasteiger partial charge in [0.25, 0.3) is 0 Å². The Labute approximate surface area is 137 Å². The summed E-state index contributed by atoms with van der Waals surface area (Å²) in [5.41, 5.74) is 0.105. The van der Waals surface area contributed by atoms with E-state index in [1.54, 1.807) is 11.8 Å². The van der Waals surface area contributed by atoms with Crippen molar-refractivity contribution in [1.29, 1.82) is 0 Å². The first-order chi connectivity index (χ1) is 11.5. The molecule has 8 heteroatoms. The number of hydrogen-bond donors (Lipinski definition) is 1. The number of likely N-dealkylation sites (tertiary alicyclic amines) is 1. The van der Waals surface area contributed by atoms with Gasteiger partial charge in [0.05, 0.1) is 0 Å². The zero-order valence-corrected chi connectivity index (χ0v) is 13.3. The highest BCUT2D eigenvalue weighted by Gasteiger charge is 2.25. The van der Waals surface area contributed by atoms with Gasteiger partial charge in [-0.2, -0.15) is 4.98 Å². The highest BCUT2D eigenvalue weighted by molar-refractivity contribution is 5.89. The Bertz CT molecular complexity index is 714. The van der Waals surface area contributed by atoms with E-state index in [1.807, 2.05) is 0 Å². The van der Waals surface area contributed by atoms with Gasteiger partial charge in [0.2, 0.25) is 5.89 Å². The van der Waals surface area contributed by atoms with E-state index in [0.29, 0.717) is 31.2 Å². The fraction of sp³-hybridized carbons (Fsp3) is 0.438. The van der Waals surface area contributed by atoms with Crippen LogP contribution in [0, 0.1) is 24.5 Å². The molecule has 1 aromatic heterocycles. The molecule has 1 fully saturated rings. The third-order valence-electron chi connectivity index (χ3n) is 3.96. The Balaban J connectivity index is 1.60. The Morgan fingerprint density at radius 2 is 2.12 bits per heavy atom. The lowest BCUT2D eigenvalue weighted by molar-refractivity contribution is 0.176. The smallest absolute Gasteiger partial charge is 0.321 e. The monoisotopic (exact) mass is 336 g/mol. The number of nitrogens with one attached hydrogen (secondary N) is 1. The van der Waals surface area contributed by atoms with Crippen molar-refractivity contribution in [1.82, 2.24) is 15.0 Å². The van der Waals surface area contributed by atoms with Gasteiger partial charge in [0.1, 0.15) is 11.6 Å². The van der Waals surface area contributed by atoms with Crippen LogP contribution in [-0.4, -0.2) is 34.2 Å². The molecule has 1 N–H and O–H groups in total. The van der Waals surface area contributed by atoms with Crippen LogP contribution in [0.15, 0.2) is 22.7 Å². The van der Waals surface area contributed by atoms with Gasteiger partial charge < -0.3 is 14.7 Å². The first-order valence-electron chi connectivity index (χ1n) is 7.81. The SMILES string of the molecule is Cc1nc(CC2CCCN(C(=O)Nc3cc(F)cc(F)c3)C2)no1. The lowest BCUT2D eigenvalue weighted by Gasteiger charge is -2.32. The first-order valence-corrected chi connectivity index (χ1v) is 7.81. The number of halogens is 2. The molecule has 1 saturated heterocycles. The highest BCUT2D eigenvalue weighted by Crippen LogP contribution is 2.21. The van der Waals surface area contributed by atoms with E-state index in [0.717, 1.165) is 31.0 Å². The fourth-order valence-electron chi connectivity index (χ4n) is 2.93. The third-order valence-corrected chi connectivity index (χ3v) is 3.96. The summed E-state index contributed by atoms with van der Waals surface area (Å²) < 4.78 is 31.4. The second-order valence-electron chi connectivity index (χ2n) is 5.98. The van der Waals surface area contributed by atoms with Crippen molar-refractivity contribution in [2.24, 2.45) is 5.92 Å². The molecular weight excluding hydrogens is 318 g/mol. The van der Waals surface area contributed by atoms with Gasteiger partial charge in [-0.05, 0) is 30.9 Å². The molecule has 1 aliphatic heterocycles.